The minimum absolute atomic E-state index is 0.0999. The van der Waals surface area contributed by atoms with Gasteiger partial charge in [0.05, 0.1) is 16.9 Å². The third kappa shape index (κ3) is 2.90. The van der Waals surface area contributed by atoms with Crippen molar-refractivity contribution in [2.45, 2.75) is 37.3 Å². The van der Waals surface area contributed by atoms with Crippen LogP contribution in [0.1, 0.15) is 24.5 Å². The van der Waals surface area contributed by atoms with E-state index in [9.17, 15) is 4.21 Å². The van der Waals surface area contributed by atoms with Crippen LogP contribution < -0.4 is 0 Å². The molecule has 0 aliphatic heterocycles. The average Bonchev–Trinajstić information content (AvgIpc) is 2.21. The second kappa shape index (κ2) is 5.09. The quantitative estimate of drug-likeness (QED) is 0.787. The molecule has 80 valence electrons. The van der Waals surface area contributed by atoms with Crippen molar-refractivity contribution in [1.29, 1.82) is 5.26 Å². The summed E-state index contributed by atoms with van der Waals surface area (Å²) in [7, 11) is -1.07. The van der Waals surface area contributed by atoms with Gasteiger partial charge in [-0.1, -0.05) is 6.07 Å². The summed E-state index contributed by atoms with van der Waals surface area (Å²) in [5.74, 6) is 0. The van der Waals surface area contributed by atoms with Gasteiger partial charge in [-0.25, -0.2) is 0 Å². The predicted molar refractivity (Wildman–Crippen MR) is 62.0 cm³/mol. The highest BCUT2D eigenvalue weighted by molar-refractivity contribution is 7.85. The molecule has 0 saturated heterocycles. The van der Waals surface area contributed by atoms with Crippen LogP contribution in [0.5, 0.6) is 0 Å². The predicted octanol–water partition coefficient (Wildman–Crippen LogP) is 2.71. The molecule has 0 amide bonds. The van der Waals surface area contributed by atoms with Crippen molar-refractivity contribution in [3.05, 3.63) is 29.3 Å². The first-order chi connectivity index (χ1) is 7.06. The van der Waals surface area contributed by atoms with E-state index in [1.54, 1.807) is 0 Å². The monoisotopic (exact) mass is 221 g/mol. The summed E-state index contributed by atoms with van der Waals surface area (Å²) >= 11 is 0. The van der Waals surface area contributed by atoms with Gasteiger partial charge >= 0.3 is 0 Å². The summed E-state index contributed by atoms with van der Waals surface area (Å²) in [6.07, 6.45) is 0.333. The summed E-state index contributed by atoms with van der Waals surface area (Å²) in [5, 5.41) is 8.45. The highest BCUT2D eigenvalue weighted by Gasteiger charge is 2.13. The molecule has 2 unspecified atom stereocenters. The third-order valence-electron chi connectivity index (χ3n) is 2.45. The first-order valence-corrected chi connectivity index (χ1v) is 6.12. The molecule has 0 aliphatic rings. The van der Waals surface area contributed by atoms with Crippen molar-refractivity contribution in [2.75, 3.05) is 0 Å². The first-order valence-electron chi connectivity index (χ1n) is 4.91. The summed E-state index contributed by atoms with van der Waals surface area (Å²) in [5.41, 5.74) is 2.34. The Labute approximate surface area is 93.4 Å². The largest absolute Gasteiger partial charge is 0.254 e. The molecular weight excluding hydrogens is 206 g/mol. The molecular formula is C12H15NOS. The lowest BCUT2D eigenvalue weighted by Crippen LogP contribution is -2.10. The second-order valence-electron chi connectivity index (χ2n) is 3.72. The SMILES string of the molecule is Cc1ccc(S(=O)C(C)CC#N)cc1C. The number of nitriles is 1. The van der Waals surface area contributed by atoms with Gasteiger partial charge in [-0.05, 0) is 44.0 Å². The van der Waals surface area contributed by atoms with Gasteiger partial charge in [0.2, 0.25) is 0 Å². The first kappa shape index (κ1) is 11.9. The second-order valence-corrected chi connectivity index (χ2v) is 5.59. The van der Waals surface area contributed by atoms with E-state index in [0.717, 1.165) is 10.5 Å². The number of rotatable bonds is 3. The van der Waals surface area contributed by atoms with Crippen LogP contribution >= 0.6 is 0 Å². The average molecular weight is 221 g/mol. The van der Waals surface area contributed by atoms with Gasteiger partial charge in [-0.2, -0.15) is 5.26 Å². The molecule has 2 atom stereocenters. The zero-order valence-electron chi connectivity index (χ0n) is 9.28. The van der Waals surface area contributed by atoms with Crippen LogP contribution in [0.15, 0.2) is 23.1 Å². The van der Waals surface area contributed by atoms with E-state index in [-0.39, 0.29) is 5.25 Å². The summed E-state index contributed by atoms with van der Waals surface area (Å²) < 4.78 is 12.0. The van der Waals surface area contributed by atoms with Crippen LogP contribution in [0.2, 0.25) is 0 Å². The maximum Gasteiger partial charge on any atom is 0.0634 e. The molecule has 15 heavy (non-hydrogen) atoms. The van der Waals surface area contributed by atoms with E-state index in [1.165, 1.54) is 5.56 Å². The lowest BCUT2D eigenvalue weighted by Gasteiger charge is -2.09. The van der Waals surface area contributed by atoms with Gasteiger partial charge < -0.3 is 0 Å². The lowest BCUT2D eigenvalue weighted by molar-refractivity contribution is 0.673. The van der Waals surface area contributed by atoms with Crippen molar-refractivity contribution in [3.8, 4) is 6.07 Å². The Kier molecular flexibility index (Phi) is 4.05. The van der Waals surface area contributed by atoms with Crippen LogP contribution in [0.4, 0.5) is 0 Å². The highest BCUT2D eigenvalue weighted by atomic mass is 32.2. The summed E-state index contributed by atoms with van der Waals surface area (Å²) in [6.45, 7) is 5.88. The normalized spacial score (nSPS) is 14.3. The van der Waals surface area contributed by atoms with Crippen molar-refractivity contribution in [2.24, 2.45) is 0 Å². The fourth-order valence-electron chi connectivity index (χ4n) is 1.28. The fraction of sp³-hybridized carbons (Fsp3) is 0.417. The van der Waals surface area contributed by atoms with Gasteiger partial charge in [0.25, 0.3) is 0 Å². The molecule has 0 aromatic heterocycles. The highest BCUT2D eigenvalue weighted by Crippen LogP contribution is 2.17. The van der Waals surface area contributed by atoms with Gasteiger partial charge in [0.1, 0.15) is 0 Å². The van der Waals surface area contributed by atoms with Crippen LogP contribution in [-0.4, -0.2) is 9.46 Å². The van der Waals surface area contributed by atoms with E-state index in [0.29, 0.717) is 6.42 Å². The Morgan fingerprint density at radius 3 is 2.60 bits per heavy atom. The van der Waals surface area contributed by atoms with E-state index < -0.39 is 10.8 Å². The molecule has 0 radical (unpaired) electrons. The molecule has 1 rings (SSSR count). The molecule has 0 spiro atoms. The van der Waals surface area contributed by atoms with E-state index in [4.69, 9.17) is 5.26 Å². The molecule has 0 N–H and O–H groups in total. The van der Waals surface area contributed by atoms with Gasteiger partial charge in [0, 0.05) is 16.6 Å². The Morgan fingerprint density at radius 1 is 1.40 bits per heavy atom. The Hall–Kier alpha value is -1.14. The summed E-state index contributed by atoms with van der Waals surface area (Å²) in [4.78, 5) is 0.820. The number of hydrogen-bond acceptors (Lipinski definition) is 2. The van der Waals surface area contributed by atoms with Crippen LogP contribution in [0, 0.1) is 25.2 Å². The molecule has 1 aromatic rings. The summed E-state index contributed by atoms with van der Waals surface area (Å²) in [6, 6.07) is 7.85. The topological polar surface area (TPSA) is 40.9 Å². The lowest BCUT2D eigenvalue weighted by atomic mass is 10.1. The number of hydrogen-bond donors (Lipinski definition) is 0. The van der Waals surface area contributed by atoms with Gasteiger partial charge in [-0.3, -0.25) is 4.21 Å². The maximum atomic E-state index is 12.0. The molecule has 0 fully saturated rings. The molecule has 1 aromatic carbocycles. The van der Waals surface area contributed by atoms with Crippen molar-refractivity contribution >= 4 is 10.8 Å². The molecule has 0 saturated carbocycles. The number of nitrogens with zero attached hydrogens (tertiary/aromatic N) is 1. The fourth-order valence-corrected chi connectivity index (χ4v) is 2.46. The van der Waals surface area contributed by atoms with Crippen LogP contribution in [0.3, 0.4) is 0 Å². The Balaban J connectivity index is 2.93. The maximum absolute atomic E-state index is 12.0. The van der Waals surface area contributed by atoms with E-state index >= 15 is 0 Å². The van der Waals surface area contributed by atoms with Crippen LogP contribution in [0.25, 0.3) is 0 Å². The molecule has 2 nitrogen and oxygen atoms in total. The van der Waals surface area contributed by atoms with Crippen molar-refractivity contribution in [3.63, 3.8) is 0 Å². The van der Waals surface area contributed by atoms with E-state index in [1.807, 2.05) is 39.0 Å². The third-order valence-corrected chi connectivity index (χ3v) is 4.07. The van der Waals surface area contributed by atoms with Gasteiger partial charge in [0.15, 0.2) is 0 Å². The zero-order chi connectivity index (χ0) is 11.4. The van der Waals surface area contributed by atoms with E-state index in [2.05, 4.69) is 6.07 Å². The standard InChI is InChI=1S/C12H15NOS/c1-9-4-5-12(8-10(9)2)15(14)11(3)6-7-13/h4-5,8,11H,6H2,1-3H3. The van der Waals surface area contributed by atoms with Crippen LogP contribution in [-0.2, 0) is 10.8 Å². The zero-order valence-corrected chi connectivity index (χ0v) is 10.1. The number of benzene rings is 1. The number of aryl methyl sites for hydroxylation is 2. The Bertz CT molecular complexity index is 420. The van der Waals surface area contributed by atoms with Gasteiger partial charge in [-0.15, -0.1) is 0 Å². The van der Waals surface area contributed by atoms with Crippen molar-refractivity contribution < 1.29 is 4.21 Å². The molecule has 3 heteroatoms. The minimum atomic E-state index is -1.07. The molecule has 0 bridgehead atoms. The molecule has 0 heterocycles. The smallest absolute Gasteiger partial charge is 0.0634 e. The minimum Gasteiger partial charge on any atom is -0.254 e. The molecule has 0 aliphatic carbocycles. The Morgan fingerprint density at radius 2 is 2.07 bits per heavy atom. The van der Waals surface area contributed by atoms with Crippen molar-refractivity contribution in [1.82, 2.24) is 0 Å².